The number of H-pyrrole nitrogens is 1. The zero-order valence-electron chi connectivity index (χ0n) is 11.8. The number of benzene rings is 1. The molecule has 0 unspecified atom stereocenters. The molecule has 1 aromatic heterocycles. The Balaban J connectivity index is 1.86. The molecule has 3 N–H and O–H groups in total. The first-order valence-electron chi connectivity index (χ1n) is 7.12. The molecule has 1 heterocycles. The minimum absolute atomic E-state index is 0.160. The fourth-order valence-electron chi connectivity index (χ4n) is 2.64. The van der Waals surface area contributed by atoms with Crippen molar-refractivity contribution in [1.29, 1.82) is 0 Å². The second-order valence-corrected chi connectivity index (χ2v) is 5.43. The van der Waals surface area contributed by atoms with Crippen LogP contribution >= 0.6 is 0 Å². The number of hydrazone groups is 1. The third kappa shape index (κ3) is 2.29. The van der Waals surface area contributed by atoms with E-state index in [1.54, 1.807) is 0 Å². The molecule has 5 heteroatoms. The summed E-state index contributed by atoms with van der Waals surface area (Å²) in [5.74, 6) is 0. The number of hydrogen-bond donors (Lipinski definition) is 3. The first kappa shape index (κ1) is 13.1. The van der Waals surface area contributed by atoms with E-state index < -0.39 is 0 Å². The number of aryl methyl sites for hydroxylation is 1. The number of hydrogen-bond acceptors (Lipinski definition) is 4. The van der Waals surface area contributed by atoms with Gasteiger partial charge in [0.25, 0.3) is 0 Å². The van der Waals surface area contributed by atoms with Crippen molar-refractivity contribution in [3.63, 3.8) is 0 Å². The Morgan fingerprint density at radius 3 is 3.00 bits per heavy atom. The molecule has 1 saturated carbocycles. The van der Waals surface area contributed by atoms with Gasteiger partial charge in [0.05, 0.1) is 23.5 Å². The van der Waals surface area contributed by atoms with Gasteiger partial charge in [-0.1, -0.05) is 19.1 Å². The van der Waals surface area contributed by atoms with Crippen molar-refractivity contribution in [2.75, 3.05) is 0 Å². The number of fused-ring (bicyclic) bond motifs is 1. The first-order valence-corrected chi connectivity index (χ1v) is 7.12. The van der Waals surface area contributed by atoms with Gasteiger partial charge in [0.15, 0.2) is 0 Å². The van der Waals surface area contributed by atoms with E-state index in [1.165, 1.54) is 5.56 Å². The highest BCUT2D eigenvalue weighted by Crippen LogP contribution is 2.22. The highest BCUT2D eigenvalue weighted by molar-refractivity contribution is 6.09. The molecule has 106 valence electrons. The number of nitrogens with one attached hydrogen (secondary N) is 2. The first-order chi connectivity index (χ1) is 9.69. The summed E-state index contributed by atoms with van der Waals surface area (Å²) in [4.78, 5) is 0. The van der Waals surface area contributed by atoms with E-state index in [0.717, 1.165) is 41.4 Å². The highest BCUT2D eigenvalue weighted by atomic mass is 16.3. The van der Waals surface area contributed by atoms with Gasteiger partial charge in [0, 0.05) is 17.0 Å². The van der Waals surface area contributed by atoms with Gasteiger partial charge in [-0.15, -0.1) is 0 Å². The lowest BCUT2D eigenvalue weighted by Crippen LogP contribution is -2.42. The van der Waals surface area contributed by atoms with E-state index in [0.29, 0.717) is 6.04 Å². The van der Waals surface area contributed by atoms with Crippen molar-refractivity contribution in [2.45, 2.75) is 45.3 Å². The maximum Gasteiger partial charge on any atom is 0.0688 e. The third-order valence-electron chi connectivity index (χ3n) is 4.00. The molecule has 1 aromatic carbocycles. The summed E-state index contributed by atoms with van der Waals surface area (Å²) >= 11 is 0. The lowest BCUT2D eigenvalue weighted by molar-refractivity contribution is 0.0631. The van der Waals surface area contributed by atoms with Crippen molar-refractivity contribution >= 4 is 16.6 Å². The molecule has 1 fully saturated rings. The molecule has 1 aliphatic carbocycles. The number of aliphatic hydroxyl groups is 1. The topological polar surface area (TPSA) is 73.3 Å². The minimum Gasteiger partial charge on any atom is -0.393 e. The van der Waals surface area contributed by atoms with Gasteiger partial charge >= 0.3 is 0 Å². The second-order valence-electron chi connectivity index (χ2n) is 5.43. The molecule has 0 bridgehead atoms. The predicted octanol–water partition coefficient (Wildman–Crippen LogP) is 1.96. The smallest absolute Gasteiger partial charge is 0.0688 e. The third-order valence-corrected chi connectivity index (χ3v) is 4.00. The Kier molecular flexibility index (Phi) is 3.44. The average Bonchev–Trinajstić information content (AvgIpc) is 2.90. The minimum atomic E-state index is -0.160. The van der Waals surface area contributed by atoms with Crippen LogP contribution in [0.25, 0.3) is 10.9 Å². The summed E-state index contributed by atoms with van der Waals surface area (Å²) in [6.45, 7) is 4.13. The van der Waals surface area contributed by atoms with Gasteiger partial charge in [-0.2, -0.15) is 10.2 Å². The molecule has 1 aliphatic rings. The van der Waals surface area contributed by atoms with E-state index in [1.807, 2.05) is 13.1 Å². The molecule has 0 saturated heterocycles. The molecule has 0 amide bonds. The summed E-state index contributed by atoms with van der Waals surface area (Å²) < 4.78 is 0. The molecular weight excluding hydrogens is 252 g/mol. The number of aromatic amines is 1. The molecule has 20 heavy (non-hydrogen) atoms. The summed E-state index contributed by atoms with van der Waals surface area (Å²) in [6, 6.07) is 4.53. The van der Waals surface area contributed by atoms with E-state index >= 15 is 0 Å². The molecule has 2 aromatic rings. The maximum atomic E-state index is 9.27. The fourth-order valence-corrected chi connectivity index (χ4v) is 2.64. The van der Waals surface area contributed by atoms with Crippen LogP contribution in [0.1, 0.15) is 37.8 Å². The van der Waals surface area contributed by atoms with E-state index in [2.05, 4.69) is 39.8 Å². The van der Waals surface area contributed by atoms with Crippen LogP contribution in [0.2, 0.25) is 0 Å². The fraction of sp³-hybridized carbons (Fsp3) is 0.467. The second kappa shape index (κ2) is 5.25. The summed E-state index contributed by atoms with van der Waals surface area (Å²) in [6.07, 6.45) is 4.25. The Bertz CT molecular complexity index is 640. The average molecular weight is 272 g/mol. The largest absolute Gasteiger partial charge is 0.393 e. The number of nitrogens with zero attached hydrogens (tertiary/aromatic N) is 2. The number of aliphatic hydroxyl groups excluding tert-OH is 1. The number of rotatable bonds is 4. The molecule has 5 nitrogen and oxygen atoms in total. The van der Waals surface area contributed by atoms with Crippen molar-refractivity contribution in [2.24, 2.45) is 5.10 Å². The molecule has 0 aliphatic heterocycles. The van der Waals surface area contributed by atoms with Gasteiger partial charge in [-0.05, 0) is 31.7 Å². The molecular formula is C15H20N4O. The van der Waals surface area contributed by atoms with Crippen LogP contribution in [0.15, 0.2) is 23.4 Å². The normalized spacial score (nSPS) is 22.9. The summed E-state index contributed by atoms with van der Waals surface area (Å²) in [5, 5.41) is 22.1. The zero-order chi connectivity index (χ0) is 14.1. The van der Waals surface area contributed by atoms with Gasteiger partial charge in [-0.3, -0.25) is 5.10 Å². The zero-order valence-corrected chi connectivity index (χ0v) is 11.8. The monoisotopic (exact) mass is 272 g/mol. The van der Waals surface area contributed by atoms with E-state index in [-0.39, 0.29) is 6.10 Å². The van der Waals surface area contributed by atoms with Crippen molar-refractivity contribution < 1.29 is 5.11 Å². The van der Waals surface area contributed by atoms with Gasteiger partial charge in [0.2, 0.25) is 0 Å². The molecule has 0 spiro atoms. The van der Waals surface area contributed by atoms with Crippen LogP contribution in [-0.2, 0) is 6.42 Å². The maximum absolute atomic E-state index is 9.27. The van der Waals surface area contributed by atoms with Crippen molar-refractivity contribution in [1.82, 2.24) is 15.6 Å². The Labute approximate surface area is 118 Å². The summed E-state index contributed by atoms with van der Waals surface area (Å²) in [7, 11) is 0. The van der Waals surface area contributed by atoms with Gasteiger partial charge < -0.3 is 10.5 Å². The Morgan fingerprint density at radius 2 is 2.30 bits per heavy atom. The van der Waals surface area contributed by atoms with Crippen LogP contribution in [0, 0.1) is 0 Å². The Morgan fingerprint density at radius 1 is 1.50 bits per heavy atom. The van der Waals surface area contributed by atoms with Crippen molar-refractivity contribution in [3.05, 3.63) is 29.5 Å². The van der Waals surface area contributed by atoms with E-state index in [4.69, 9.17) is 0 Å². The van der Waals surface area contributed by atoms with Crippen molar-refractivity contribution in [3.8, 4) is 0 Å². The standard InChI is InChI=1S/C15H20N4O/c1-3-10-4-5-13(14-8-16-19-15(10)14)9(2)17-18-11-6-12(20)7-11/h4-5,8,11-12,18,20H,3,6-7H2,1-2H3,(H,16,19)/b17-9+. The van der Waals surface area contributed by atoms with Crippen LogP contribution in [0.4, 0.5) is 0 Å². The Hall–Kier alpha value is -1.88. The van der Waals surface area contributed by atoms with Crippen LogP contribution < -0.4 is 5.43 Å². The van der Waals surface area contributed by atoms with Crippen LogP contribution in [0.3, 0.4) is 0 Å². The lowest BCUT2D eigenvalue weighted by atomic mass is 9.90. The molecule has 3 rings (SSSR count). The van der Waals surface area contributed by atoms with Gasteiger partial charge in [-0.25, -0.2) is 0 Å². The van der Waals surface area contributed by atoms with Crippen LogP contribution in [0.5, 0.6) is 0 Å². The molecule has 0 radical (unpaired) electrons. The summed E-state index contributed by atoms with van der Waals surface area (Å²) in [5.41, 5.74) is 7.53. The quantitative estimate of drug-likeness (QED) is 0.588. The van der Waals surface area contributed by atoms with Crippen LogP contribution in [-0.4, -0.2) is 33.2 Å². The molecule has 0 atom stereocenters. The van der Waals surface area contributed by atoms with E-state index in [9.17, 15) is 5.11 Å². The SMILES string of the molecule is CCc1ccc(/C(C)=N/NC2CC(O)C2)c2cn[nH]c12. The lowest BCUT2D eigenvalue weighted by Gasteiger charge is -2.30. The predicted molar refractivity (Wildman–Crippen MR) is 79.8 cm³/mol. The highest BCUT2D eigenvalue weighted by Gasteiger charge is 2.26. The number of aromatic nitrogens is 2. The van der Waals surface area contributed by atoms with Gasteiger partial charge in [0.1, 0.15) is 0 Å².